The third-order valence-corrected chi connectivity index (χ3v) is 5.90. The Balaban J connectivity index is 1.71. The average Bonchev–Trinajstić information content (AvgIpc) is 2.81. The number of carbonyl (C=O) groups is 3. The Morgan fingerprint density at radius 1 is 1.13 bits per heavy atom. The molecule has 1 saturated carbocycles. The molecular formula is C24H31N3O4. The predicted molar refractivity (Wildman–Crippen MR) is 118 cm³/mol. The number of nitrogens with zero attached hydrogens (tertiary/aromatic N) is 1. The van der Waals surface area contributed by atoms with Crippen molar-refractivity contribution in [3.8, 4) is 0 Å². The van der Waals surface area contributed by atoms with Crippen LogP contribution in [-0.4, -0.2) is 42.0 Å². The van der Waals surface area contributed by atoms with Crippen LogP contribution < -0.4 is 10.6 Å². The molecule has 2 aromatic rings. The first-order chi connectivity index (χ1) is 15.0. The zero-order valence-electron chi connectivity index (χ0n) is 18.2. The first kappa shape index (κ1) is 22.7. The number of carbonyl (C=O) groups excluding carboxylic acids is 3. The smallest absolute Gasteiger partial charge is 0.310 e. The lowest BCUT2D eigenvalue weighted by Crippen LogP contribution is -2.53. The lowest BCUT2D eigenvalue weighted by molar-refractivity contribution is -0.147. The zero-order valence-corrected chi connectivity index (χ0v) is 18.2. The SMILES string of the molecule is CCCC[C@H](NC(=O)c1ccc2ccccc2n1)C(=O)N[C@H]1CCCC[C@H]1C(=O)OC. The summed E-state index contributed by atoms with van der Waals surface area (Å²) in [6.45, 7) is 2.04. The molecule has 1 aliphatic carbocycles. The van der Waals surface area contributed by atoms with Crippen molar-refractivity contribution in [2.45, 2.75) is 64.0 Å². The van der Waals surface area contributed by atoms with Gasteiger partial charge in [0.15, 0.2) is 0 Å². The van der Waals surface area contributed by atoms with Gasteiger partial charge in [-0.25, -0.2) is 4.98 Å². The Morgan fingerprint density at radius 2 is 1.90 bits per heavy atom. The van der Waals surface area contributed by atoms with Crippen molar-refractivity contribution in [1.29, 1.82) is 0 Å². The zero-order chi connectivity index (χ0) is 22.2. The normalized spacial score (nSPS) is 19.4. The second kappa shape index (κ2) is 10.9. The Hall–Kier alpha value is -2.96. The van der Waals surface area contributed by atoms with Crippen molar-refractivity contribution < 1.29 is 19.1 Å². The van der Waals surface area contributed by atoms with E-state index < -0.39 is 6.04 Å². The van der Waals surface area contributed by atoms with Crippen LogP contribution in [0.15, 0.2) is 36.4 Å². The highest BCUT2D eigenvalue weighted by Gasteiger charge is 2.34. The van der Waals surface area contributed by atoms with Crippen LogP contribution in [0.1, 0.15) is 62.4 Å². The molecule has 31 heavy (non-hydrogen) atoms. The minimum atomic E-state index is -0.680. The molecule has 166 valence electrons. The molecule has 1 aliphatic rings. The minimum Gasteiger partial charge on any atom is -0.469 e. The number of methoxy groups -OCH3 is 1. The van der Waals surface area contributed by atoms with Crippen LogP contribution in [0.3, 0.4) is 0 Å². The number of fused-ring (bicyclic) bond motifs is 1. The fourth-order valence-electron chi connectivity index (χ4n) is 4.12. The molecule has 2 N–H and O–H groups in total. The highest BCUT2D eigenvalue weighted by Crippen LogP contribution is 2.25. The number of aromatic nitrogens is 1. The number of hydrogen-bond donors (Lipinski definition) is 2. The van der Waals surface area contributed by atoms with Crippen LogP contribution in [0.25, 0.3) is 10.9 Å². The van der Waals surface area contributed by atoms with Gasteiger partial charge in [-0.1, -0.05) is 56.9 Å². The number of benzene rings is 1. The van der Waals surface area contributed by atoms with Gasteiger partial charge in [-0.2, -0.15) is 0 Å². The quantitative estimate of drug-likeness (QED) is 0.632. The molecule has 0 unspecified atom stereocenters. The summed E-state index contributed by atoms with van der Waals surface area (Å²) in [5, 5.41) is 6.80. The van der Waals surface area contributed by atoms with E-state index >= 15 is 0 Å². The van der Waals surface area contributed by atoms with Gasteiger partial charge < -0.3 is 15.4 Å². The summed E-state index contributed by atoms with van der Waals surface area (Å²) < 4.78 is 4.92. The Labute approximate surface area is 182 Å². The van der Waals surface area contributed by atoms with E-state index in [-0.39, 0.29) is 35.4 Å². The summed E-state index contributed by atoms with van der Waals surface area (Å²) in [5.74, 6) is -1.27. The van der Waals surface area contributed by atoms with Gasteiger partial charge in [0.05, 0.1) is 18.5 Å². The van der Waals surface area contributed by atoms with E-state index in [1.54, 1.807) is 6.07 Å². The maximum absolute atomic E-state index is 13.1. The van der Waals surface area contributed by atoms with Crippen molar-refractivity contribution in [2.24, 2.45) is 5.92 Å². The molecule has 2 amide bonds. The molecule has 1 aromatic carbocycles. The topological polar surface area (TPSA) is 97.4 Å². The van der Waals surface area contributed by atoms with E-state index in [1.807, 2.05) is 37.3 Å². The summed E-state index contributed by atoms with van der Waals surface area (Å²) in [5.41, 5.74) is 1.01. The van der Waals surface area contributed by atoms with Gasteiger partial charge in [0, 0.05) is 11.4 Å². The van der Waals surface area contributed by atoms with Crippen LogP contribution in [0.2, 0.25) is 0 Å². The second-order valence-electron chi connectivity index (χ2n) is 8.09. The molecule has 1 heterocycles. The average molecular weight is 426 g/mol. The minimum absolute atomic E-state index is 0.261. The molecule has 0 saturated heterocycles. The molecule has 3 rings (SSSR count). The van der Waals surface area contributed by atoms with E-state index in [4.69, 9.17) is 4.74 Å². The third kappa shape index (κ3) is 5.81. The van der Waals surface area contributed by atoms with Gasteiger partial charge in [-0.05, 0) is 31.4 Å². The maximum atomic E-state index is 13.1. The number of amides is 2. The van der Waals surface area contributed by atoms with Crippen molar-refractivity contribution in [3.63, 3.8) is 0 Å². The Kier molecular flexibility index (Phi) is 7.98. The van der Waals surface area contributed by atoms with Crippen molar-refractivity contribution in [2.75, 3.05) is 7.11 Å². The van der Waals surface area contributed by atoms with Crippen LogP contribution in [0.5, 0.6) is 0 Å². The Morgan fingerprint density at radius 3 is 2.68 bits per heavy atom. The lowest BCUT2D eigenvalue weighted by Gasteiger charge is -2.31. The number of pyridine rings is 1. The summed E-state index contributed by atoms with van der Waals surface area (Å²) in [6, 6.07) is 10.1. The Bertz CT molecular complexity index is 930. The summed E-state index contributed by atoms with van der Waals surface area (Å²) >= 11 is 0. The fourth-order valence-corrected chi connectivity index (χ4v) is 4.12. The molecule has 1 fully saturated rings. The highest BCUT2D eigenvalue weighted by molar-refractivity contribution is 5.98. The summed E-state index contributed by atoms with van der Waals surface area (Å²) in [6.07, 6.45) is 5.55. The molecular weight excluding hydrogens is 394 g/mol. The molecule has 0 radical (unpaired) electrons. The number of esters is 1. The monoisotopic (exact) mass is 425 g/mol. The summed E-state index contributed by atoms with van der Waals surface area (Å²) in [7, 11) is 1.37. The summed E-state index contributed by atoms with van der Waals surface area (Å²) in [4.78, 5) is 42.4. The van der Waals surface area contributed by atoms with Crippen LogP contribution in [-0.2, 0) is 14.3 Å². The van der Waals surface area contributed by atoms with Crippen molar-refractivity contribution in [1.82, 2.24) is 15.6 Å². The third-order valence-electron chi connectivity index (χ3n) is 5.90. The van der Waals surface area contributed by atoms with E-state index in [0.29, 0.717) is 12.8 Å². The van der Waals surface area contributed by atoms with E-state index in [0.717, 1.165) is 43.0 Å². The first-order valence-corrected chi connectivity index (χ1v) is 11.1. The van der Waals surface area contributed by atoms with Crippen molar-refractivity contribution >= 4 is 28.7 Å². The van der Waals surface area contributed by atoms with E-state index in [9.17, 15) is 14.4 Å². The molecule has 0 bridgehead atoms. The van der Waals surface area contributed by atoms with Crippen LogP contribution >= 0.6 is 0 Å². The predicted octanol–water partition coefficient (Wildman–Crippen LogP) is 3.37. The standard InChI is InChI=1S/C24H31N3O4/c1-3-4-11-20(22(28)26-19-13-8-6-10-17(19)24(30)31-2)27-23(29)21-15-14-16-9-5-7-12-18(16)25-21/h5,7,9,12,14-15,17,19-20H,3-4,6,8,10-11,13H2,1-2H3,(H,26,28)(H,27,29)/t17-,19+,20+/m1/s1. The molecule has 0 aliphatic heterocycles. The first-order valence-electron chi connectivity index (χ1n) is 11.1. The molecule has 7 heteroatoms. The molecule has 3 atom stereocenters. The molecule has 0 spiro atoms. The van der Waals surface area contributed by atoms with Gasteiger partial charge in [0.25, 0.3) is 5.91 Å². The lowest BCUT2D eigenvalue weighted by atomic mass is 9.84. The molecule has 1 aromatic heterocycles. The van der Waals surface area contributed by atoms with E-state index in [1.165, 1.54) is 7.11 Å². The number of ether oxygens (including phenoxy) is 1. The molecule has 7 nitrogen and oxygen atoms in total. The number of nitrogens with one attached hydrogen (secondary N) is 2. The number of hydrogen-bond acceptors (Lipinski definition) is 5. The van der Waals surface area contributed by atoms with Gasteiger partial charge in [0.2, 0.25) is 5.91 Å². The van der Waals surface area contributed by atoms with Gasteiger partial charge >= 0.3 is 5.97 Å². The second-order valence-corrected chi connectivity index (χ2v) is 8.09. The maximum Gasteiger partial charge on any atom is 0.310 e. The van der Waals surface area contributed by atoms with Gasteiger partial charge in [0.1, 0.15) is 11.7 Å². The van der Waals surface area contributed by atoms with Gasteiger partial charge in [-0.15, -0.1) is 0 Å². The number of para-hydroxylation sites is 1. The number of unbranched alkanes of at least 4 members (excludes halogenated alkanes) is 1. The fraction of sp³-hybridized carbons (Fsp3) is 0.500. The van der Waals surface area contributed by atoms with Crippen LogP contribution in [0, 0.1) is 5.92 Å². The largest absolute Gasteiger partial charge is 0.469 e. The van der Waals surface area contributed by atoms with E-state index in [2.05, 4.69) is 15.6 Å². The number of rotatable bonds is 8. The van der Waals surface area contributed by atoms with Crippen LogP contribution in [0.4, 0.5) is 0 Å². The van der Waals surface area contributed by atoms with Gasteiger partial charge in [-0.3, -0.25) is 14.4 Å². The highest BCUT2D eigenvalue weighted by atomic mass is 16.5. The van der Waals surface area contributed by atoms with Crippen molar-refractivity contribution in [3.05, 3.63) is 42.1 Å².